The summed E-state index contributed by atoms with van der Waals surface area (Å²) in [5.74, 6) is -1.22. The Morgan fingerprint density at radius 1 is 1.52 bits per heavy atom. The number of rotatable bonds is 5. The van der Waals surface area contributed by atoms with Gasteiger partial charge in [-0.05, 0) is 34.8 Å². The van der Waals surface area contributed by atoms with E-state index < -0.39 is 19.8 Å². The van der Waals surface area contributed by atoms with E-state index in [1.807, 2.05) is 0 Å². The molecule has 1 aromatic rings. The fourth-order valence-corrected chi connectivity index (χ4v) is 3.23. The number of halogens is 3. The van der Waals surface area contributed by atoms with Crippen LogP contribution in [0.1, 0.15) is 12.8 Å². The lowest BCUT2D eigenvalue weighted by Crippen LogP contribution is -2.33. The van der Waals surface area contributed by atoms with Crippen molar-refractivity contribution in [2.45, 2.75) is 23.8 Å². The number of carbonyl (C=O) groups is 1. The van der Waals surface area contributed by atoms with Crippen LogP contribution in [0.25, 0.3) is 0 Å². The van der Waals surface area contributed by atoms with Crippen LogP contribution >= 0.6 is 26.6 Å². The van der Waals surface area contributed by atoms with E-state index >= 15 is 0 Å². The van der Waals surface area contributed by atoms with Crippen LogP contribution in [-0.2, 0) is 13.8 Å². The average molecular weight is 401 g/mol. The zero-order valence-electron chi connectivity index (χ0n) is 11.0. The van der Waals surface area contributed by atoms with Crippen molar-refractivity contribution < 1.29 is 22.3 Å². The highest BCUT2D eigenvalue weighted by molar-refractivity contribution is 9.10. The van der Waals surface area contributed by atoms with Gasteiger partial charge in [0.25, 0.3) is 15.0 Å². The summed E-state index contributed by atoms with van der Waals surface area (Å²) in [5.41, 5.74) is 0. The number of hydrogen-bond acceptors (Lipinski definition) is 4. The second kappa shape index (κ2) is 6.10. The predicted molar refractivity (Wildman–Crippen MR) is 78.4 cm³/mol. The predicted octanol–water partition coefficient (Wildman–Crippen LogP) is 2.52. The third-order valence-corrected chi connectivity index (χ3v) is 5.04. The van der Waals surface area contributed by atoms with Crippen LogP contribution in [-0.4, -0.2) is 38.9 Å². The molecule has 0 aliphatic heterocycles. The van der Waals surface area contributed by atoms with Gasteiger partial charge in [0, 0.05) is 29.8 Å². The quantitative estimate of drug-likeness (QED) is 0.713. The number of hydrogen-bond donors (Lipinski definition) is 0. The molecule has 1 aliphatic rings. The van der Waals surface area contributed by atoms with Crippen molar-refractivity contribution >= 4 is 41.6 Å². The Balaban J connectivity index is 2.10. The lowest BCUT2D eigenvalue weighted by atomic mass is 10.3. The first-order chi connectivity index (χ1) is 9.70. The van der Waals surface area contributed by atoms with E-state index in [1.165, 1.54) is 0 Å². The van der Waals surface area contributed by atoms with Gasteiger partial charge in [-0.1, -0.05) is 0 Å². The lowest BCUT2D eigenvalue weighted by molar-refractivity contribution is -0.132. The molecule has 0 atom stereocenters. The second-order valence-electron chi connectivity index (χ2n) is 4.68. The Morgan fingerprint density at radius 3 is 2.67 bits per heavy atom. The SMILES string of the molecule is CN(C(=O)COc1cc(F)c(S(=O)(=O)Cl)cc1Br)C1CC1. The maximum absolute atomic E-state index is 13.7. The van der Waals surface area contributed by atoms with Crippen LogP contribution in [0, 0.1) is 5.82 Å². The fourth-order valence-electron chi connectivity index (χ4n) is 1.71. The molecule has 0 heterocycles. The monoisotopic (exact) mass is 399 g/mol. The molecule has 0 unspecified atom stereocenters. The summed E-state index contributed by atoms with van der Waals surface area (Å²) < 4.78 is 41.4. The van der Waals surface area contributed by atoms with E-state index in [2.05, 4.69) is 15.9 Å². The molecule has 1 aromatic carbocycles. The Labute approximate surface area is 134 Å². The topological polar surface area (TPSA) is 63.7 Å². The number of benzene rings is 1. The molecule has 1 amide bonds. The van der Waals surface area contributed by atoms with Crippen molar-refractivity contribution in [3.63, 3.8) is 0 Å². The van der Waals surface area contributed by atoms with Crippen molar-refractivity contribution in [3.8, 4) is 5.75 Å². The Kier molecular flexibility index (Phi) is 4.79. The number of ether oxygens (including phenoxy) is 1. The highest BCUT2D eigenvalue weighted by atomic mass is 79.9. The van der Waals surface area contributed by atoms with Crippen LogP contribution in [0.4, 0.5) is 4.39 Å². The van der Waals surface area contributed by atoms with Crippen molar-refractivity contribution in [2.75, 3.05) is 13.7 Å². The van der Waals surface area contributed by atoms with Gasteiger partial charge in [-0.3, -0.25) is 4.79 Å². The minimum Gasteiger partial charge on any atom is -0.482 e. The van der Waals surface area contributed by atoms with Gasteiger partial charge in [-0.2, -0.15) is 0 Å². The molecular formula is C12H12BrClFNO4S. The Bertz CT molecular complexity index is 678. The minimum absolute atomic E-state index is 0.0362. The number of likely N-dealkylation sites (N-methyl/N-ethyl adjacent to an activating group) is 1. The molecule has 2 rings (SSSR count). The molecule has 0 radical (unpaired) electrons. The van der Waals surface area contributed by atoms with Crippen LogP contribution in [0.3, 0.4) is 0 Å². The third kappa shape index (κ3) is 4.08. The summed E-state index contributed by atoms with van der Waals surface area (Å²) in [7, 11) is 2.61. The molecule has 0 spiro atoms. The highest BCUT2D eigenvalue weighted by Gasteiger charge is 2.29. The largest absolute Gasteiger partial charge is 0.482 e. The molecule has 1 aliphatic carbocycles. The summed E-state index contributed by atoms with van der Waals surface area (Å²) in [6, 6.07) is 2.14. The first-order valence-electron chi connectivity index (χ1n) is 6.02. The smallest absolute Gasteiger partial charge is 0.264 e. The van der Waals surface area contributed by atoms with Gasteiger partial charge in [0.1, 0.15) is 16.5 Å². The molecule has 1 saturated carbocycles. The van der Waals surface area contributed by atoms with Gasteiger partial charge in [-0.25, -0.2) is 12.8 Å². The molecule has 5 nitrogen and oxygen atoms in total. The van der Waals surface area contributed by atoms with Crippen LogP contribution in [0.2, 0.25) is 0 Å². The molecule has 1 fully saturated rings. The molecule has 116 valence electrons. The van der Waals surface area contributed by atoms with Gasteiger partial charge >= 0.3 is 0 Å². The second-order valence-corrected chi connectivity index (χ2v) is 8.06. The average Bonchev–Trinajstić information content (AvgIpc) is 3.21. The van der Waals surface area contributed by atoms with Crippen molar-refractivity contribution in [3.05, 3.63) is 22.4 Å². The third-order valence-electron chi connectivity index (χ3n) is 3.09. The van der Waals surface area contributed by atoms with Gasteiger partial charge < -0.3 is 9.64 Å². The Hall–Kier alpha value is -0.860. The first kappa shape index (κ1) is 16.5. The number of nitrogens with zero attached hydrogens (tertiary/aromatic N) is 1. The van der Waals surface area contributed by atoms with E-state index in [-0.39, 0.29) is 28.8 Å². The molecule has 0 aromatic heterocycles. The standard InChI is InChI=1S/C12H12BrClFNO4S/c1-16(7-2-3-7)12(17)6-20-10-5-9(15)11(4-8(10)13)21(14,18)19/h4-5,7H,2-3,6H2,1H3. The van der Waals surface area contributed by atoms with Crippen LogP contribution in [0.5, 0.6) is 5.75 Å². The molecule has 0 bridgehead atoms. The minimum atomic E-state index is -4.18. The van der Waals surface area contributed by atoms with Crippen LogP contribution < -0.4 is 4.74 Å². The molecule has 9 heteroatoms. The van der Waals surface area contributed by atoms with Crippen molar-refractivity contribution in [1.82, 2.24) is 4.90 Å². The summed E-state index contributed by atoms with van der Waals surface area (Å²) in [4.78, 5) is 12.7. The summed E-state index contributed by atoms with van der Waals surface area (Å²) in [5, 5.41) is 0. The normalized spacial score (nSPS) is 14.9. The van der Waals surface area contributed by atoms with E-state index in [0.29, 0.717) is 0 Å². The first-order valence-corrected chi connectivity index (χ1v) is 9.12. The van der Waals surface area contributed by atoms with E-state index in [4.69, 9.17) is 15.4 Å². The van der Waals surface area contributed by atoms with Crippen molar-refractivity contribution in [2.24, 2.45) is 0 Å². The molecule has 21 heavy (non-hydrogen) atoms. The fraction of sp³-hybridized carbons (Fsp3) is 0.417. The Morgan fingerprint density at radius 2 is 2.14 bits per heavy atom. The molecular weight excluding hydrogens is 389 g/mol. The van der Waals surface area contributed by atoms with Gasteiger partial charge in [-0.15, -0.1) is 0 Å². The van der Waals surface area contributed by atoms with E-state index in [9.17, 15) is 17.6 Å². The van der Waals surface area contributed by atoms with Crippen LogP contribution in [0.15, 0.2) is 21.5 Å². The van der Waals surface area contributed by atoms with Gasteiger partial charge in [0.2, 0.25) is 0 Å². The lowest BCUT2D eigenvalue weighted by Gasteiger charge is -2.17. The van der Waals surface area contributed by atoms with E-state index in [1.54, 1.807) is 11.9 Å². The summed E-state index contributed by atoms with van der Waals surface area (Å²) >= 11 is 3.06. The zero-order valence-corrected chi connectivity index (χ0v) is 14.1. The number of amides is 1. The highest BCUT2D eigenvalue weighted by Crippen LogP contribution is 2.32. The van der Waals surface area contributed by atoms with Gasteiger partial charge in [0.05, 0.1) is 4.47 Å². The molecule has 0 N–H and O–H groups in total. The summed E-state index contributed by atoms with van der Waals surface area (Å²) in [6.07, 6.45) is 1.95. The maximum atomic E-state index is 13.7. The molecule has 0 saturated heterocycles. The van der Waals surface area contributed by atoms with E-state index in [0.717, 1.165) is 25.0 Å². The summed E-state index contributed by atoms with van der Waals surface area (Å²) in [6.45, 7) is -0.252. The van der Waals surface area contributed by atoms with Crippen molar-refractivity contribution in [1.29, 1.82) is 0 Å². The number of carbonyl (C=O) groups excluding carboxylic acids is 1. The maximum Gasteiger partial charge on any atom is 0.264 e. The van der Waals surface area contributed by atoms with Gasteiger partial charge in [0.15, 0.2) is 6.61 Å². The zero-order chi connectivity index (χ0) is 15.8.